The molecule has 1 N–H and O–H groups in total. The summed E-state index contributed by atoms with van der Waals surface area (Å²) >= 11 is 0. The SMILES string of the molecule is CNc1cccc(S(=O)(=O)N2CCCCC2C)c1[N+](=O)[O-]. The average Bonchev–Trinajstić information content (AvgIpc) is 2.46. The molecule has 2 rings (SSSR count). The summed E-state index contributed by atoms with van der Waals surface area (Å²) in [6.07, 6.45) is 2.54. The van der Waals surface area contributed by atoms with Crippen LogP contribution >= 0.6 is 0 Å². The zero-order valence-corrected chi connectivity index (χ0v) is 12.9. The molecule has 0 aliphatic carbocycles. The summed E-state index contributed by atoms with van der Waals surface area (Å²) in [7, 11) is -2.34. The molecular formula is C13H19N3O4S. The van der Waals surface area contributed by atoms with Gasteiger partial charge in [-0.25, -0.2) is 8.42 Å². The molecule has 0 radical (unpaired) electrons. The van der Waals surface area contributed by atoms with E-state index in [1.54, 1.807) is 0 Å². The van der Waals surface area contributed by atoms with Crippen LogP contribution in [-0.2, 0) is 10.0 Å². The molecule has 1 heterocycles. The Kier molecular flexibility index (Phi) is 4.48. The summed E-state index contributed by atoms with van der Waals surface area (Å²) in [5.74, 6) is 0. The summed E-state index contributed by atoms with van der Waals surface area (Å²) < 4.78 is 26.9. The third kappa shape index (κ3) is 2.86. The minimum absolute atomic E-state index is 0.137. The molecule has 0 bridgehead atoms. The largest absolute Gasteiger partial charge is 0.383 e. The van der Waals surface area contributed by atoms with Crippen molar-refractivity contribution in [2.45, 2.75) is 37.1 Å². The van der Waals surface area contributed by atoms with Gasteiger partial charge in [0.25, 0.3) is 0 Å². The second-order valence-corrected chi connectivity index (χ2v) is 6.98. The first-order chi connectivity index (χ1) is 9.89. The molecule has 8 heteroatoms. The molecule has 1 fully saturated rings. The van der Waals surface area contributed by atoms with Gasteiger partial charge in [0.05, 0.1) is 4.92 Å². The van der Waals surface area contributed by atoms with Gasteiger partial charge in [-0.2, -0.15) is 4.31 Å². The van der Waals surface area contributed by atoms with Crippen molar-refractivity contribution in [3.63, 3.8) is 0 Å². The first kappa shape index (κ1) is 15.7. The minimum atomic E-state index is -3.87. The number of piperidine rings is 1. The van der Waals surface area contributed by atoms with Crippen LogP contribution in [0.3, 0.4) is 0 Å². The molecule has 0 saturated carbocycles. The van der Waals surface area contributed by atoms with Crippen molar-refractivity contribution in [2.75, 3.05) is 18.9 Å². The van der Waals surface area contributed by atoms with Gasteiger partial charge in [-0.05, 0) is 31.9 Å². The van der Waals surface area contributed by atoms with Gasteiger partial charge in [0.15, 0.2) is 4.90 Å². The van der Waals surface area contributed by atoms with Gasteiger partial charge in [0.1, 0.15) is 5.69 Å². The maximum absolute atomic E-state index is 12.8. The maximum atomic E-state index is 12.8. The number of nitro groups is 1. The predicted molar refractivity (Wildman–Crippen MR) is 79.8 cm³/mol. The van der Waals surface area contributed by atoms with Crippen molar-refractivity contribution < 1.29 is 13.3 Å². The van der Waals surface area contributed by atoms with Crippen LogP contribution < -0.4 is 5.32 Å². The van der Waals surface area contributed by atoms with E-state index in [9.17, 15) is 18.5 Å². The molecule has 7 nitrogen and oxygen atoms in total. The highest BCUT2D eigenvalue weighted by Gasteiger charge is 2.36. The van der Waals surface area contributed by atoms with E-state index < -0.39 is 20.6 Å². The summed E-state index contributed by atoms with van der Waals surface area (Å²) in [5.41, 5.74) is -0.191. The third-order valence-corrected chi connectivity index (χ3v) is 5.82. The van der Waals surface area contributed by atoms with E-state index in [0.717, 1.165) is 19.3 Å². The van der Waals surface area contributed by atoms with Crippen molar-refractivity contribution in [1.29, 1.82) is 0 Å². The lowest BCUT2D eigenvalue weighted by Gasteiger charge is -2.32. The van der Waals surface area contributed by atoms with Crippen LogP contribution in [0.2, 0.25) is 0 Å². The van der Waals surface area contributed by atoms with Crippen LogP contribution in [-0.4, -0.2) is 37.3 Å². The van der Waals surface area contributed by atoms with Gasteiger partial charge in [-0.3, -0.25) is 10.1 Å². The Balaban J connectivity index is 2.57. The van der Waals surface area contributed by atoms with Crippen LogP contribution in [0.1, 0.15) is 26.2 Å². The third-order valence-electron chi connectivity index (χ3n) is 3.78. The Morgan fingerprint density at radius 1 is 1.38 bits per heavy atom. The number of anilines is 1. The number of rotatable bonds is 4. The Hall–Kier alpha value is -1.67. The monoisotopic (exact) mass is 313 g/mol. The normalized spacial score (nSPS) is 20.2. The van der Waals surface area contributed by atoms with E-state index >= 15 is 0 Å². The van der Waals surface area contributed by atoms with Crippen LogP contribution in [0.15, 0.2) is 23.1 Å². The van der Waals surface area contributed by atoms with Gasteiger partial charge < -0.3 is 5.32 Å². The number of benzene rings is 1. The van der Waals surface area contributed by atoms with Gasteiger partial charge in [-0.15, -0.1) is 0 Å². The van der Waals surface area contributed by atoms with E-state index in [-0.39, 0.29) is 16.6 Å². The fourth-order valence-corrected chi connectivity index (χ4v) is 4.56. The summed E-state index contributed by atoms with van der Waals surface area (Å²) in [6, 6.07) is 4.17. The predicted octanol–water partition coefficient (Wildman–Crippen LogP) is 2.20. The Morgan fingerprint density at radius 2 is 2.10 bits per heavy atom. The number of nitrogens with one attached hydrogen (secondary N) is 1. The molecule has 1 aliphatic heterocycles. The Morgan fingerprint density at radius 3 is 2.67 bits per heavy atom. The lowest BCUT2D eigenvalue weighted by atomic mass is 10.1. The molecule has 1 saturated heterocycles. The summed E-state index contributed by atoms with van der Waals surface area (Å²) in [6.45, 7) is 2.24. The van der Waals surface area contributed by atoms with Gasteiger partial charge >= 0.3 is 5.69 Å². The molecule has 0 spiro atoms. The highest BCUT2D eigenvalue weighted by Crippen LogP contribution is 2.35. The second kappa shape index (κ2) is 5.98. The minimum Gasteiger partial charge on any atom is -0.383 e. The summed E-state index contributed by atoms with van der Waals surface area (Å²) in [4.78, 5) is 10.4. The molecule has 1 aliphatic rings. The average molecular weight is 313 g/mol. The first-order valence-corrected chi connectivity index (χ1v) is 8.30. The fourth-order valence-electron chi connectivity index (χ4n) is 2.68. The van der Waals surface area contributed by atoms with Crippen molar-refractivity contribution >= 4 is 21.4 Å². The Labute approximate surface area is 124 Å². The van der Waals surface area contributed by atoms with Crippen LogP contribution in [0.4, 0.5) is 11.4 Å². The molecule has 21 heavy (non-hydrogen) atoms. The zero-order chi connectivity index (χ0) is 15.6. The molecule has 1 unspecified atom stereocenters. The highest BCUT2D eigenvalue weighted by molar-refractivity contribution is 7.89. The number of nitrogens with zero attached hydrogens (tertiary/aromatic N) is 2. The number of nitro benzene ring substituents is 1. The number of hydrogen-bond acceptors (Lipinski definition) is 5. The highest BCUT2D eigenvalue weighted by atomic mass is 32.2. The summed E-state index contributed by atoms with van der Waals surface area (Å²) in [5, 5.41) is 14.0. The zero-order valence-electron chi connectivity index (χ0n) is 12.1. The topological polar surface area (TPSA) is 92.6 Å². The van der Waals surface area contributed by atoms with Crippen molar-refractivity contribution in [3.05, 3.63) is 28.3 Å². The van der Waals surface area contributed by atoms with Gasteiger partial charge in [0.2, 0.25) is 10.0 Å². The van der Waals surface area contributed by atoms with Crippen LogP contribution in [0.25, 0.3) is 0 Å². The van der Waals surface area contributed by atoms with Crippen molar-refractivity contribution in [1.82, 2.24) is 4.31 Å². The molecular weight excluding hydrogens is 294 g/mol. The van der Waals surface area contributed by atoms with Gasteiger partial charge in [0, 0.05) is 19.6 Å². The molecule has 1 aromatic carbocycles. The Bertz CT molecular complexity index is 645. The van der Waals surface area contributed by atoms with Crippen LogP contribution in [0.5, 0.6) is 0 Å². The van der Waals surface area contributed by atoms with E-state index in [4.69, 9.17) is 0 Å². The number of para-hydroxylation sites is 1. The van der Waals surface area contributed by atoms with Crippen molar-refractivity contribution in [3.8, 4) is 0 Å². The van der Waals surface area contributed by atoms with E-state index in [0.29, 0.717) is 6.54 Å². The van der Waals surface area contributed by atoms with Crippen LogP contribution in [0, 0.1) is 10.1 Å². The molecule has 1 atom stereocenters. The van der Waals surface area contributed by atoms with E-state index in [1.165, 1.54) is 29.6 Å². The van der Waals surface area contributed by atoms with E-state index in [2.05, 4.69) is 5.32 Å². The van der Waals surface area contributed by atoms with E-state index in [1.807, 2.05) is 6.92 Å². The van der Waals surface area contributed by atoms with Gasteiger partial charge in [-0.1, -0.05) is 12.5 Å². The lowest BCUT2D eigenvalue weighted by Crippen LogP contribution is -2.42. The first-order valence-electron chi connectivity index (χ1n) is 6.86. The standard InChI is InChI=1S/C13H19N3O4S/c1-10-6-3-4-9-15(10)21(19,20)12-8-5-7-11(14-2)13(12)16(17)18/h5,7-8,10,14H,3-4,6,9H2,1-2H3. The fraction of sp³-hybridized carbons (Fsp3) is 0.538. The quantitative estimate of drug-likeness (QED) is 0.679. The molecule has 116 valence electrons. The molecule has 1 aromatic rings. The maximum Gasteiger partial charge on any atom is 0.312 e. The smallest absolute Gasteiger partial charge is 0.312 e. The molecule has 0 amide bonds. The number of sulfonamides is 1. The van der Waals surface area contributed by atoms with Crippen molar-refractivity contribution in [2.24, 2.45) is 0 Å². The number of hydrogen-bond donors (Lipinski definition) is 1. The molecule has 0 aromatic heterocycles. The second-order valence-electron chi connectivity index (χ2n) is 5.12. The lowest BCUT2D eigenvalue weighted by molar-refractivity contribution is -0.386.